The third-order valence-electron chi connectivity index (χ3n) is 3.22. The molecule has 7 nitrogen and oxygen atoms in total. The van der Waals surface area contributed by atoms with E-state index >= 15 is 0 Å². The summed E-state index contributed by atoms with van der Waals surface area (Å²) in [6.45, 7) is 3.34. The third kappa shape index (κ3) is 5.06. The van der Waals surface area contributed by atoms with Crippen molar-refractivity contribution in [3.63, 3.8) is 0 Å². The second-order valence-corrected chi connectivity index (χ2v) is 7.99. The second kappa shape index (κ2) is 8.81. The van der Waals surface area contributed by atoms with Crippen LogP contribution < -0.4 is 15.4 Å². The Morgan fingerprint density at radius 1 is 1.07 bits per heavy atom. The number of carbonyl (C=O) groups excluding carboxylic acids is 1. The fourth-order valence-corrected chi connectivity index (χ4v) is 4.00. The van der Waals surface area contributed by atoms with Crippen LogP contribution in [0.15, 0.2) is 47.9 Å². The third-order valence-corrected chi connectivity index (χ3v) is 5.96. The van der Waals surface area contributed by atoms with Gasteiger partial charge in [0.05, 0.1) is 26.4 Å². The van der Waals surface area contributed by atoms with E-state index in [1.54, 1.807) is 12.1 Å². The van der Waals surface area contributed by atoms with Gasteiger partial charge in [-0.1, -0.05) is 46.9 Å². The van der Waals surface area contributed by atoms with Crippen LogP contribution in [0.2, 0.25) is 15.1 Å². The van der Waals surface area contributed by atoms with Gasteiger partial charge in [0.2, 0.25) is 10.0 Å². The number of rotatable bonds is 6. The van der Waals surface area contributed by atoms with Crippen LogP contribution in [-0.2, 0) is 10.0 Å². The number of urea groups is 1. The summed E-state index contributed by atoms with van der Waals surface area (Å²) in [5.74, 6) is -0.716. The maximum Gasteiger partial charge on any atom is 0.323 e. The lowest BCUT2D eigenvalue weighted by atomic mass is 10.3. The normalized spacial score (nSPS) is 11.1. The molecule has 0 radical (unpaired) electrons. The fraction of sp³-hybridized carbons (Fsp3) is 0.0625. The number of hydrogen-bond donors (Lipinski definition) is 4. The van der Waals surface area contributed by atoms with Gasteiger partial charge >= 0.3 is 6.03 Å². The molecule has 0 bridgehead atoms. The van der Waals surface area contributed by atoms with Crippen LogP contribution in [0.5, 0.6) is 5.75 Å². The molecule has 0 saturated carbocycles. The molecule has 0 unspecified atom stereocenters. The lowest BCUT2D eigenvalue weighted by Crippen LogP contribution is -2.25. The molecule has 0 aliphatic carbocycles. The van der Waals surface area contributed by atoms with Crippen molar-refractivity contribution in [1.29, 1.82) is 0 Å². The van der Waals surface area contributed by atoms with E-state index in [0.717, 1.165) is 0 Å². The zero-order chi connectivity index (χ0) is 20.2. The number of anilines is 2. The van der Waals surface area contributed by atoms with Crippen LogP contribution in [0.25, 0.3) is 0 Å². The highest BCUT2D eigenvalue weighted by atomic mass is 35.5. The summed E-state index contributed by atoms with van der Waals surface area (Å²) >= 11 is 17.8. The molecule has 0 aliphatic rings. The van der Waals surface area contributed by atoms with Crippen LogP contribution in [0.1, 0.15) is 0 Å². The number of amides is 2. The summed E-state index contributed by atoms with van der Waals surface area (Å²) in [4.78, 5) is 11.6. The van der Waals surface area contributed by atoms with E-state index < -0.39 is 26.7 Å². The van der Waals surface area contributed by atoms with Crippen LogP contribution in [-0.4, -0.2) is 26.1 Å². The molecule has 0 aliphatic heterocycles. The van der Waals surface area contributed by atoms with Gasteiger partial charge < -0.3 is 15.7 Å². The topological polar surface area (TPSA) is 108 Å². The average molecular weight is 451 g/mol. The molecule has 2 rings (SSSR count). The number of phenols is 1. The van der Waals surface area contributed by atoms with Crippen molar-refractivity contribution in [1.82, 2.24) is 4.72 Å². The second-order valence-electron chi connectivity index (χ2n) is 5.09. The van der Waals surface area contributed by atoms with Crippen molar-refractivity contribution in [2.75, 3.05) is 17.2 Å². The van der Waals surface area contributed by atoms with Gasteiger partial charge in [-0.05, 0) is 24.3 Å². The highest BCUT2D eigenvalue weighted by Gasteiger charge is 2.25. The van der Waals surface area contributed by atoms with E-state index in [0.29, 0.717) is 0 Å². The van der Waals surface area contributed by atoms with Gasteiger partial charge in [-0.3, -0.25) is 0 Å². The number of aromatic hydroxyl groups is 1. The van der Waals surface area contributed by atoms with Gasteiger partial charge in [0, 0.05) is 6.54 Å². The zero-order valence-electron chi connectivity index (χ0n) is 13.6. The Balaban J connectivity index is 2.29. The molecule has 27 heavy (non-hydrogen) atoms. The van der Waals surface area contributed by atoms with Gasteiger partial charge in [0.1, 0.15) is 4.90 Å². The van der Waals surface area contributed by atoms with Crippen molar-refractivity contribution >= 4 is 62.2 Å². The molecule has 0 saturated heterocycles. The Hall–Kier alpha value is -1.97. The molecule has 144 valence electrons. The van der Waals surface area contributed by atoms with Gasteiger partial charge in [-0.25, -0.2) is 17.9 Å². The first-order valence-electron chi connectivity index (χ1n) is 7.31. The Bertz CT molecular complexity index is 997. The monoisotopic (exact) mass is 449 g/mol. The molecule has 0 heterocycles. The summed E-state index contributed by atoms with van der Waals surface area (Å²) < 4.78 is 26.8. The molecular formula is C16H14Cl3N3O4S. The lowest BCUT2D eigenvalue weighted by Gasteiger charge is -2.14. The largest absolute Gasteiger partial charge is 0.504 e. The summed E-state index contributed by atoms with van der Waals surface area (Å²) in [6, 6.07) is 6.35. The Labute approximate surface area is 171 Å². The van der Waals surface area contributed by atoms with Crippen molar-refractivity contribution < 1.29 is 18.3 Å². The predicted molar refractivity (Wildman–Crippen MR) is 108 cm³/mol. The number of carbonyl (C=O) groups is 1. The zero-order valence-corrected chi connectivity index (χ0v) is 16.7. The first kappa shape index (κ1) is 21.3. The summed E-state index contributed by atoms with van der Waals surface area (Å²) in [5, 5.41) is 15.2. The van der Waals surface area contributed by atoms with E-state index in [2.05, 4.69) is 21.9 Å². The highest BCUT2D eigenvalue weighted by molar-refractivity contribution is 7.89. The summed E-state index contributed by atoms with van der Waals surface area (Å²) in [6.07, 6.45) is 1.33. The molecule has 11 heteroatoms. The number of phenolic OH excluding ortho intramolecular Hbond substituents is 1. The minimum absolute atomic E-state index is 0.0660. The van der Waals surface area contributed by atoms with Gasteiger partial charge in [0.15, 0.2) is 5.75 Å². The predicted octanol–water partition coefficient (Wildman–Crippen LogP) is 4.46. The quantitative estimate of drug-likeness (QED) is 0.385. The number of sulfonamides is 1. The molecule has 4 N–H and O–H groups in total. The Kier molecular flexibility index (Phi) is 6.96. The van der Waals surface area contributed by atoms with Crippen LogP contribution >= 0.6 is 34.8 Å². The van der Waals surface area contributed by atoms with Gasteiger partial charge in [0.25, 0.3) is 0 Å². The van der Waals surface area contributed by atoms with Gasteiger partial charge in [-0.2, -0.15) is 0 Å². The number of benzene rings is 2. The smallest absolute Gasteiger partial charge is 0.323 e. The lowest BCUT2D eigenvalue weighted by molar-refractivity contribution is 0.262. The summed E-state index contributed by atoms with van der Waals surface area (Å²) in [7, 11) is -4.13. The fourth-order valence-electron chi connectivity index (χ4n) is 2.02. The van der Waals surface area contributed by atoms with Crippen molar-refractivity contribution in [3.05, 3.63) is 58.1 Å². The first-order chi connectivity index (χ1) is 12.7. The van der Waals surface area contributed by atoms with E-state index in [9.17, 15) is 18.3 Å². The van der Waals surface area contributed by atoms with Crippen LogP contribution in [0.3, 0.4) is 0 Å². The molecule has 0 fully saturated rings. The van der Waals surface area contributed by atoms with E-state index in [1.807, 2.05) is 0 Å². The minimum Gasteiger partial charge on any atom is -0.504 e. The van der Waals surface area contributed by atoms with E-state index in [1.165, 1.54) is 24.3 Å². The molecule has 0 spiro atoms. The van der Waals surface area contributed by atoms with Crippen molar-refractivity contribution in [3.8, 4) is 5.75 Å². The molecule has 2 aromatic rings. The number of halogens is 3. The van der Waals surface area contributed by atoms with Gasteiger partial charge in [-0.15, -0.1) is 6.58 Å². The van der Waals surface area contributed by atoms with Crippen molar-refractivity contribution in [2.45, 2.75) is 4.90 Å². The van der Waals surface area contributed by atoms with E-state index in [-0.39, 0.29) is 33.0 Å². The average Bonchev–Trinajstić information content (AvgIpc) is 2.59. The van der Waals surface area contributed by atoms with Crippen LogP contribution in [0, 0.1) is 0 Å². The highest BCUT2D eigenvalue weighted by Crippen LogP contribution is 2.37. The summed E-state index contributed by atoms with van der Waals surface area (Å²) in [5.41, 5.74) is 0.0599. The maximum absolute atomic E-state index is 12.3. The van der Waals surface area contributed by atoms with Crippen molar-refractivity contribution in [2.24, 2.45) is 0 Å². The number of hydrogen-bond acceptors (Lipinski definition) is 4. The van der Waals surface area contributed by atoms with Crippen LogP contribution in [0.4, 0.5) is 16.2 Å². The first-order valence-corrected chi connectivity index (χ1v) is 9.93. The maximum atomic E-state index is 12.3. The SMILES string of the molecule is C=CCNS(=O)(=O)c1c(Cl)ccc(NC(=O)Nc2cccc(Cl)c2Cl)c1O. The molecule has 0 aromatic heterocycles. The molecule has 2 amide bonds. The minimum atomic E-state index is -4.13. The molecular weight excluding hydrogens is 437 g/mol. The Morgan fingerprint density at radius 2 is 1.74 bits per heavy atom. The Morgan fingerprint density at radius 3 is 2.41 bits per heavy atom. The molecule has 0 atom stereocenters. The standard InChI is InChI=1S/C16H14Cl3N3O4S/c1-2-8-20-27(25,26)15-10(18)6-7-12(14(15)23)22-16(24)21-11-5-3-4-9(17)13(11)19/h2-7,20,23H,1,8H2,(H2,21,22,24). The van der Waals surface area contributed by atoms with E-state index in [4.69, 9.17) is 34.8 Å². The molecule has 2 aromatic carbocycles. The number of nitrogens with one attached hydrogen (secondary N) is 3.